The van der Waals surface area contributed by atoms with Gasteiger partial charge >= 0.3 is 0 Å². The Morgan fingerprint density at radius 2 is 2.00 bits per heavy atom. The van der Waals surface area contributed by atoms with E-state index in [4.69, 9.17) is 12.2 Å². The number of rotatable bonds is 6. The van der Waals surface area contributed by atoms with Crippen LogP contribution in [0.3, 0.4) is 0 Å². The van der Waals surface area contributed by atoms with Crippen molar-refractivity contribution in [2.75, 3.05) is 6.54 Å². The van der Waals surface area contributed by atoms with E-state index in [0.717, 1.165) is 6.54 Å². The Balaban J connectivity index is 2.92. The van der Waals surface area contributed by atoms with E-state index in [1.807, 2.05) is 7.05 Å². The lowest BCUT2D eigenvalue weighted by Crippen LogP contribution is -2.38. The Morgan fingerprint density at radius 1 is 1.39 bits per heavy atom. The van der Waals surface area contributed by atoms with Gasteiger partial charge in [-0.25, -0.2) is 4.68 Å². The number of aliphatic hydroxyl groups is 1. The lowest BCUT2D eigenvalue weighted by Gasteiger charge is -2.30. The molecule has 0 aromatic carbocycles. The number of hydrogen-bond donors (Lipinski definition) is 1. The van der Waals surface area contributed by atoms with Gasteiger partial charge in [0, 0.05) is 13.1 Å². The summed E-state index contributed by atoms with van der Waals surface area (Å²) in [5, 5.41) is 13.5. The van der Waals surface area contributed by atoms with Gasteiger partial charge in [-0.1, -0.05) is 20.8 Å². The van der Waals surface area contributed by atoms with E-state index in [0.29, 0.717) is 29.2 Å². The maximum absolute atomic E-state index is 9.19. The van der Waals surface area contributed by atoms with Crippen LogP contribution in [0, 0.1) is 10.7 Å². The summed E-state index contributed by atoms with van der Waals surface area (Å²) in [5.74, 6) is 1.19. The lowest BCUT2D eigenvalue weighted by atomic mass is 10.1. The van der Waals surface area contributed by atoms with Crippen LogP contribution in [0.1, 0.15) is 33.5 Å². The molecule has 0 radical (unpaired) electrons. The highest BCUT2D eigenvalue weighted by Gasteiger charge is 2.17. The third-order valence-corrected chi connectivity index (χ3v) is 4.02. The summed E-state index contributed by atoms with van der Waals surface area (Å²) in [6.45, 7) is 10.3. The van der Waals surface area contributed by atoms with Crippen LogP contribution < -0.4 is 0 Å². The van der Waals surface area contributed by atoms with E-state index in [2.05, 4.69) is 37.7 Å². The molecule has 1 heterocycles. The Kier molecular flexibility index (Phi) is 5.49. The summed E-state index contributed by atoms with van der Waals surface area (Å²) in [6.07, 6.45) is 0. The molecule has 0 aliphatic heterocycles. The van der Waals surface area contributed by atoms with Gasteiger partial charge in [0.05, 0.1) is 6.67 Å². The molecule has 0 saturated carbocycles. The van der Waals surface area contributed by atoms with Crippen LogP contribution in [0.15, 0.2) is 0 Å². The maximum Gasteiger partial charge on any atom is 0.198 e. The topological polar surface area (TPSA) is 46.2 Å². The Bertz CT molecular complexity index is 438. The SMILES string of the molecule is CCN(Cn1nc(CO)n(C)c1=S)C(C)C(C)C. The largest absolute Gasteiger partial charge is 0.388 e. The standard InChI is InChI=1S/C12H24N4OS/c1-6-15(10(4)9(2)3)8-16-12(18)14(5)11(7-17)13-16/h9-10,17H,6-8H2,1-5H3. The van der Waals surface area contributed by atoms with Crippen molar-refractivity contribution in [1.29, 1.82) is 0 Å². The molecule has 0 amide bonds. The molecule has 1 atom stereocenters. The maximum atomic E-state index is 9.19. The minimum atomic E-state index is -0.0843. The second-order valence-electron chi connectivity index (χ2n) is 4.95. The first-order valence-corrected chi connectivity index (χ1v) is 6.80. The number of hydrogen-bond acceptors (Lipinski definition) is 4. The number of nitrogens with zero attached hydrogens (tertiary/aromatic N) is 4. The second-order valence-corrected chi connectivity index (χ2v) is 5.31. The van der Waals surface area contributed by atoms with Crippen LogP contribution in [-0.2, 0) is 20.3 Å². The summed E-state index contributed by atoms with van der Waals surface area (Å²) in [5.41, 5.74) is 0. The van der Waals surface area contributed by atoms with Crippen molar-refractivity contribution in [2.45, 2.75) is 47.0 Å². The van der Waals surface area contributed by atoms with Gasteiger partial charge in [0.15, 0.2) is 10.6 Å². The molecule has 18 heavy (non-hydrogen) atoms. The van der Waals surface area contributed by atoms with E-state index in [9.17, 15) is 5.11 Å². The minimum absolute atomic E-state index is 0.0843. The van der Waals surface area contributed by atoms with Crippen molar-refractivity contribution in [3.8, 4) is 0 Å². The molecule has 0 fully saturated rings. The highest BCUT2D eigenvalue weighted by molar-refractivity contribution is 7.71. The van der Waals surface area contributed by atoms with Crippen LogP contribution in [0.25, 0.3) is 0 Å². The van der Waals surface area contributed by atoms with E-state index < -0.39 is 0 Å². The van der Waals surface area contributed by atoms with Crippen molar-refractivity contribution >= 4 is 12.2 Å². The van der Waals surface area contributed by atoms with E-state index in [1.165, 1.54) is 0 Å². The quantitative estimate of drug-likeness (QED) is 0.802. The summed E-state index contributed by atoms with van der Waals surface area (Å²) in [4.78, 5) is 2.33. The van der Waals surface area contributed by atoms with Gasteiger partial charge < -0.3 is 9.67 Å². The molecule has 1 unspecified atom stereocenters. The minimum Gasteiger partial charge on any atom is -0.388 e. The molecule has 0 aliphatic rings. The fraction of sp³-hybridized carbons (Fsp3) is 0.833. The van der Waals surface area contributed by atoms with Gasteiger partial charge in [0.25, 0.3) is 0 Å². The van der Waals surface area contributed by atoms with Gasteiger partial charge in [-0.2, -0.15) is 5.10 Å². The summed E-state index contributed by atoms with van der Waals surface area (Å²) < 4.78 is 4.18. The first-order valence-electron chi connectivity index (χ1n) is 6.39. The van der Waals surface area contributed by atoms with Crippen molar-refractivity contribution in [3.63, 3.8) is 0 Å². The van der Waals surface area contributed by atoms with Gasteiger partial charge in [-0.3, -0.25) is 4.90 Å². The zero-order valence-electron chi connectivity index (χ0n) is 11.9. The Morgan fingerprint density at radius 3 is 2.39 bits per heavy atom. The molecular formula is C12H24N4OS. The van der Waals surface area contributed by atoms with Crippen LogP contribution >= 0.6 is 12.2 Å². The molecule has 5 nitrogen and oxygen atoms in total. The van der Waals surface area contributed by atoms with E-state index >= 15 is 0 Å². The summed E-state index contributed by atoms with van der Waals surface area (Å²) in [7, 11) is 1.83. The van der Waals surface area contributed by atoms with Crippen LogP contribution in [-0.4, -0.2) is 36.9 Å². The molecule has 1 N–H and O–H groups in total. The monoisotopic (exact) mass is 272 g/mol. The number of aliphatic hydroxyl groups excluding tert-OH is 1. The third-order valence-electron chi connectivity index (χ3n) is 3.54. The molecule has 0 aliphatic carbocycles. The first kappa shape index (κ1) is 15.3. The smallest absolute Gasteiger partial charge is 0.198 e. The highest BCUT2D eigenvalue weighted by Crippen LogP contribution is 2.11. The van der Waals surface area contributed by atoms with Gasteiger partial charge in [0.1, 0.15) is 6.61 Å². The molecular weight excluding hydrogens is 248 g/mol. The van der Waals surface area contributed by atoms with Gasteiger partial charge in [-0.05, 0) is 31.6 Å². The molecule has 1 aromatic rings. The Labute approximate surface area is 114 Å². The average Bonchev–Trinajstić information content (AvgIpc) is 2.62. The van der Waals surface area contributed by atoms with E-state index in [-0.39, 0.29) is 6.61 Å². The molecule has 1 rings (SSSR count). The molecule has 104 valence electrons. The van der Waals surface area contributed by atoms with Crippen LogP contribution in [0.2, 0.25) is 0 Å². The molecule has 0 bridgehead atoms. The summed E-state index contributed by atoms with van der Waals surface area (Å²) in [6, 6.07) is 0.469. The fourth-order valence-corrected chi connectivity index (χ4v) is 2.08. The van der Waals surface area contributed by atoms with E-state index in [1.54, 1.807) is 9.25 Å². The average molecular weight is 272 g/mol. The zero-order chi connectivity index (χ0) is 13.9. The molecule has 0 spiro atoms. The van der Waals surface area contributed by atoms with Crippen molar-refractivity contribution in [3.05, 3.63) is 10.6 Å². The third kappa shape index (κ3) is 3.18. The fourth-order valence-electron chi connectivity index (χ4n) is 1.87. The predicted octanol–water partition coefficient (Wildman–Crippen LogP) is 1.77. The van der Waals surface area contributed by atoms with Crippen molar-refractivity contribution in [1.82, 2.24) is 19.2 Å². The van der Waals surface area contributed by atoms with Crippen molar-refractivity contribution in [2.24, 2.45) is 13.0 Å². The molecule has 1 aromatic heterocycles. The van der Waals surface area contributed by atoms with Gasteiger partial charge in [-0.15, -0.1) is 0 Å². The van der Waals surface area contributed by atoms with Crippen LogP contribution in [0.4, 0.5) is 0 Å². The van der Waals surface area contributed by atoms with Crippen LogP contribution in [0.5, 0.6) is 0 Å². The molecule has 6 heteroatoms. The number of aromatic nitrogens is 3. The zero-order valence-corrected chi connectivity index (χ0v) is 12.7. The predicted molar refractivity (Wildman–Crippen MR) is 74.6 cm³/mol. The molecule has 0 saturated heterocycles. The normalized spacial score (nSPS) is 13.6. The summed E-state index contributed by atoms with van der Waals surface area (Å²) >= 11 is 5.32. The Hall–Kier alpha value is -0.720. The van der Waals surface area contributed by atoms with Crippen molar-refractivity contribution < 1.29 is 5.11 Å². The lowest BCUT2D eigenvalue weighted by molar-refractivity contribution is 0.127. The van der Waals surface area contributed by atoms with Gasteiger partial charge in [0.2, 0.25) is 0 Å². The first-order chi connectivity index (χ1) is 8.42. The second kappa shape index (κ2) is 6.45. The highest BCUT2D eigenvalue weighted by atomic mass is 32.1.